The van der Waals surface area contributed by atoms with E-state index in [0.29, 0.717) is 15.6 Å². The molecule has 1 heterocycles. The molecule has 7 heteroatoms. The van der Waals surface area contributed by atoms with Crippen molar-refractivity contribution in [1.82, 2.24) is 5.32 Å². The topological polar surface area (TPSA) is 67.4 Å². The number of thiophene rings is 1. The molecular weight excluding hydrogens is 324 g/mol. The van der Waals surface area contributed by atoms with Gasteiger partial charge in [0.1, 0.15) is 0 Å². The van der Waals surface area contributed by atoms with Gasteiger partial charge >= 0.3 is 12.0 Å². The highest BCUT2D eigenvalue weighted by molar-refractivity contribution is 7.16. The first kappa shape index (κ1) is 16.3. The Bertz CT molecular complexity index is 670. The first-order valence-electron chi connectivity index (χ1n) is 6.50. The first-order chi connectivity index (χ1) is 10.5. The van der Waals surface area contributed by atoms with Crippen LogP contribution in [-0.4, -0.2) is 19.1 Å². The summed E-state index contributed by atoms with van der Waals surface area (Å²) in [6, 6.07) is 9.65. The normalized spacial score (nSPS) is 11.6. The highest BCUT2D eigenvalue weighted by Crippen LogP contribution is 2.26. The highest BCUT2D eigenvalue weighted by Gasteiger charge is 2.12. The Kier molecular flexibility index (Phi) is 5.41. The average Bonchev–Trinajstić information content (AvgIpc) is 2.94. The predicted octanol–water partition coefficient (Wildman–Crippen LogP) is 4.07. The molecule has 2 N–H and O–H groups in total. The lowest BCUT2D eigenvalue weighted by Gasteiger charge is -2.13. The number of carbonyl (C=O) groups excluding carboxylic acids is 2. The Labute approximate surface area is 137 Å². The van der Waals surface area contributed by atoms with Crippen LogP contribution in [0.1, 0.15) is 28.2 Å². The molecule has 116 valence electrons. The van der Waals surface area contributed by atoms with E-state index in [1.165, 1.54) is 18.4 Å². The van der Waals surface area contributed by atoms with Crippen LogP contribution in [0.4, 0.5) is 10.5 Å². The molecule has 1 unspecified atom stereocenters. The highest BCUT2D eigenvalue weighted by atomic mass is 35.5. The van der Waals surface area contributed by atoms with Gasteiger partial charge in [-0.1, -0.05) is 11.6 Å². The number of anilines is 1. The summed E-state index contributed by atoms with van der Waals surface area (Å²) < 4.78 is 5.30. The van der Waals surface area contributed by atoms with Crippen molar-refractivity contribution in [1.29, 1.82) is 0 Å². The Morgan fingerprint density at radius 3 is 2.41 bits per heavy atom. The number of methoxy groups -OCH3 is 1. The summed E-state index contributed by atoms with van der Waals surface area (Å²) in [5.41, 5.74) is 1.01. The van der Waals surface area contributed by atoms with Crippen molar-refractivity contribution >= 4 is 40.6 Å². The van der Waals surface area contributed by atoms with Gasteiger partial charge in [0.2, 0.25) is 0 Å². The van der Waals surface area contributed by atoms with Crippen LogP contribution in [-0.2, 0) is 4.74 Å². The quantitative estimate of drug-likeness (QED) is 0.826. The first-order valence-corrected chi connectivity index (χ1v) is 7.70. The van der Waals surface area contributed by atoms with E-state index in [9.17, 15) is 9.59 Å². The molecule has 0 bridgehead atoms. The van der Waals surface area contributed by atoms with Crippen LogP contribution >= 0.6 is 22.9 Å². The fourth-order valence-corrected chi connectivity index (χ4v) is 2.87. The van der Waals surface area contributed by atoms with Gasteiger partial charge in [-0.25, -0.2) is 9.59 Å². The maximum Gasteiger partial charge on any atom is 0.337 e. The van der Waals surface area contributed by atoms with Crippen LogP contribution in [0.5, 0.6) is 0 Å². The van der Waals surface area contributed by atoms with Crippen LogP contribution in [0.15, 0.2) is 36.4 Å². The van der Waals surface area contributed by atoms with Gasteiger partial charge in [-0.2, -0.15) is 0 Å². The molecule has 1 aromatic heterocycles. The fourth-order valence-electron chi connectivity index (χ4n) is 1.80. The lowest BCUT2D eigenvalue weighted by molar-refractivity contribution is 0.0601. The molecular formula is C15H15ClN2O3S. The molecule has 0 aliphatic carbocycles. The third-order valence-electron chi connectivity index (χ3n) is 2.93. The lowest BCUT2D eigenvalue weighted by atomic mass is 10.2. The smallest absolute Gasteiger partial charge is 0.337 e. The number of hydrogen-bond donors (Lipinski definition) is 2. The number of esters is 1. The zero-order valence-corrected chi connectivity index (χ0v) is 13.6. The van der Waals surface area contributed by atoms with E-state index in [-0.39, 0.29) is 12.1 Å². The second-order valence-electron chi connectivity index (χ2n) is 4.53. The largest absolute Gasteiger partial charge is 0.465 e. The van der Waals surface area contributed by atoms with Crippen LogP contribution in [0.2, 0.25) is 4.34 Å². The van der Waals surface area contributed by atoms with Crippen LogP contribution in [0.3, 0.4) is 0 Å². The van der Waals surface area contributed by atoms with Gasteiger partial charge < -0.3 is 15.4 Å². The molecule has 2 rings (SSSR count). The molecule has 0 saturated heterocycles. The van der Waals surface area contributed by atoms with Gasteiger partial charge in [-0.3, -0.25) is 0 Å². The molecule has 0 fully saturated rings. The third-order valence-corrected chi connectivity index (χ3v) is 4.35. The van der Waals surface area contributed by atoms with E-state index >= 15 is 0 Å². The standard InChI is InChI=1S/C15H15ClN2O3S/c1-9(12-7-8-13(16)22-12)17-15(20)18-11-5-3-10(4-6-11)14(19)21-2/h3-9H,1-2H3,(H2,17,18,20). The zero-order valence-electron chi connectivity index (χ0n) is 12.1. The Hall–Kier alpha value is -2.05. The second kappa shape index (κ2) is 7.29. The van der Waals surface area contributed by atoms with Crippen molar-refractivity contribution in [2.75, 3.05) is 12.4 Å². The Balaban J connectivity index is 1.93. The van der Waals surface area contributed by atoms with E-state index in [0.717, 1.165) is 4.88 Å². The Morgan fingerprint density at radius 1 is 1.18 bits per heavy atom. The summed E-state index contributed by atoms with van der Waals surface area (Å²) in [5.74, 6) is -0.417. The number of halogens is 1. The van der Waals surface area contributed by atoms with Gasteiger partial charge in [0.15, 0.2) is 0 Å². The number of ether oxygens (including phenoxy) is 1. The van der Waals surface area contributed by atoms with Gasteiger partial charge in [0, 0.05) is 10.6 Å². The maximum absolute atomic E-state index is 11.9. The average molecular weight is 339 g/mol. The van der Waals surface area contributed by atoms with Crippen molar-refractivity contribution in [3.8, 4) is 0 Å². The summed E-state index contributed by atoms with van der Waals surface area (Å²) in [4.78, 5) is 24.2. The minimum Gasteiger partial charge on any atom is -0.465 e. The monoisotopic (exact) mass is 338 g/mol. The second-order valence-corrected chi connectivity index (χ2v) is 6.28. The zero-order chi connectivity index (χ0) is 16.1. The summed E-state index contributed by atoms with van der Waals surface area (Å²) >= 11 is 7.30. The number of rotatable bonds is 4. The van der Waals surface area contributed by atoms with E-state index in [2.05, 4.69) is 15.4 Å². The van der Waals surface area contributed by atoms with Crippen molar-refractivity contribution in [3.63, 3.8) is 0 Å². The molecule has 2 amide bonds. The van der Waals surface area contributed by atoms with Crippen molar-refractivity contribution in [3.05, 3.63) is 51.2 Å². The summed E-state index contributed by atoms with van der Waals surface area (Å²) in [6.45, 7) is 1.88. The number of nitrogens with one attached hydrogen (secondary N) is 2. The number of hydrogen-bond acceptors (Lipinski definition) is 4. The van der Waals surface area contributed by atoms with Gasteiger partial charge in [-0.05, 0) is 43.3 Å². The van der Waals surface area contributed by atoms with Crippen LogP contribution < -0.4 is 10.6 Å². The number of urea groups is 1. The summed E-state index contributed by atoms with van der Waals surface area (Å²) in [6.07, 6.45) is 0. The lowest BCUT2D eigenvalue weighted by Crippen LogP contribution is -2.30. The molecule has 5 nitrogen and oxygen atoms in total. The number of carbonyl (C=O) groups is 2. The van der Waals surface area contributed by atoms with E-state index in [4.69, 9.17) is 11.6 Å². The molecule has 0 spiro atoms. The minimum absolute atomic E-state index is 0.146. The summed E-state index contributed by atoms with van der Waals surface area (Å²) in [5, 5.41) is 5.52. The number of amides is 2. The molecule has 0 saturated carbocycles. The maximum atomic E-state index is 11.9. The summed E-state index contributed by atoms with van der Waals surface area (Å²) in [7, 11) is 1.32. The van der Waals surface area contributed by atoms with Crippen molar-refractivity contribution in [2.24, 2.45) is 0 Å². The predicted molar refractivity (Wildman–Crippen MR) is 87.7 cm³/mol. The molecule has 0 radical (unpaired) electrons. The molecule has 22 heavy (non-hydrogen) atoms. The van der Waals surface area contributed by atoms with Gasteiger partial charge in [0.25, 0.3) is 0 Å². The van der Waals surface area contributed by atoms with E-state index < -0.39 is 5.97 Å². The molecule has 1 atom stereocenters. The molecule has 0 aliphatic heterocycles. The fraction of sp³-hybridized carbons (Fsp3) is 0.200. The molecule has 1 aromatic carbocycles. The van der Waals surface area contributed by atoms with Gasteiger partial charge in [0.05, 0.1) is 23.1 Å². The third kappa shape index (κ3) is 4.22. The molecule has 2 aromatic rings. The van der Waals surface area contributed by atoms with E-state index in [1.54, 1.807) is 30.3 Å². The molecule has 0 aliphatic rings. The van der Waals surface area contributed by atoms with Crippen molar-refractivity contribution < 1.29 is 14.3 Å². The minimum atomic E-state index is -0.417. The SMILES string of the molecule is COC(=O)c1ccc(NC(=O)NC(C)c2ccc(Cl)s2)cc1. The number of benzene rings is 1. The van der Waals surface area contributed by atoms with Crippen LogP contribution in [0.25, 0.3) is 0 Å². The van der Waals surface area contributed by atoms with E-state index in [1.807, 2.05) is 13.0 Å². The Morgan fingerprint density at radius 2 is 1.86 bits per heavy atom. The van der Waals surface area contributed by atoms with Crippen LogP contribution in [0, 0.1) is 0 Å². The van der Waals surface area contributed by atoms with Gasteiger partial charge in [-0.15, -0.1) is 11.3 Å². The van der Waals surface area contributed by atoms with Crippen molar-refractivity contribution in [2.45, 2.75) is 13.0 Å².